The number of pyridine rings is 1. The molecule has 6 nitrogen and oxygen atoms in total. The number of carbonyl (C=O) groups is 1. The van der Waals surface area contributed by atoms with Gasteiger partial charge in [-0.1, -0.05) is 0 Å². The van der Waals surface area contributed by atoms with E-state index >= 15 is 0 Å². The zero-order valence-corrected chi connectivity index (χ0v) is 11.5. The normalized spacial score (nSPS) is 11.2. The summed E-state index contributed by atoms with van der Waals surface area (Å²) in [5.41, 5.74) is 1.10. The van der Waals surface area contributed by atoms with Gasteiger partial charge >= 0.3 is 5.97 Å². The first kappa shape index (κ1) is 13.5. The van der Waals surface area contributed by atoms with Crippen LogP contribution in [0.5, 0.6) is 0 Å². The number of rotatable bonds is 4. The van der Waals surface area contributed by atoms with Crippen LogP contribution in [0.2, 0.25) is 0 Å². The molecule has 0 saturated carbocycles. The van der Waals surface area contributed by atoms with Gasteiger partial charge in [-0.2, -0.15) is 0 Å². The molecule has 2 N–H and O–H groups in total. The average molecular weight is 298 g/mol. The fourth-order valence-electron chi connectivity index (χ4n) is 1.36. The van der Waals surface area contributed by atoms with Gasteiger partial charge in [0.1, 0.15) is 9.09 Å². The van der Waals surface area contributed by atoms with Crippen LogP contribution in [0.4, 0.5) is 5.69 Å². The summed E-state index contributed by atoms with van der Waals surface area (Å²) in [6.07, 6.45) is 3.01. The first-order valence-corrected chi connectivity index (χ1v) is 7.46. The maximum absolute atomic E-state index is 12.1. The van der Waals surface area contributed by atoms with Gasteiger partial charge in [-0.15, -0.1) is 11.3 Å². The summed E-state index contributed by atoms with van der Waals surface area (Å²) in [4.78, 5) is 14.6. The van der Waals surface area contributed by atoms with Crippen molar-refractivity contribution < 1.29 is 18.3 Å². The van der Waals surface area contributed by atoms with E-state index in [0.717, 1.165) is 0 Å². The molecule has 0 aliphatic heterocycles. The molecular formula is C11H10N2O4S2. The van der Waals surface area contributed by atoms with Crippen LogP contribution in [0.15, 0.2) is 34.8 Å². The SMILES string of the molecule is Cc1cnccc1NS(=O)(=O)c1ccc(C(=O)O)s1. The second-order valence-corrected chi connectivity index (χ2v) is 6.71. The van der Waals surface area contributed by atoms with E-state index in [0.29, 0.717) is 22.6 Å². The van der Waals surface area contributed by atoms with E-state index in [1.54, 1.807) is 13.0 Å². The lowest BCUT2D eigenvalue weighted by atomic mass is 10.3. The Morgan fingerprint density at radius 3 is 2.68 bits per heavy atom. The van der Waals surface area contributed by atoms with Gasteiger partial charge < -0.3 is 5.11 Å². The standard InChI is InChI=1S/C11H10N2O4S2/c1-7-6-12-5-4-8(7)13-19(16,17)10-3-2-9(18-10)11(14)15/h2-6H,1H3,(H,12,13)(H,14,15). The second kappa shape index (κ2) is 4.98. The van der Waals surface area contributed by atoms with Gasteiger partial charge in [-0.05, 0) is 30.7 Å². The van der Waals surface area contributed by atoms with Gasteiger partial charge in [0.05, 0.1) is 5.69 Å². The van der Waals surface area contributed by atoms with Crippen molar-refractivity contribution in [2.75, 3.05) is 4.72 Å². The lowest BCUT2D eigenvalue weighted by Gasteiger charge is -2.08. The first-order valence-electron chi connectivity index (χ1n) is 5.17. The number of hydrogen-bond acceptors (Lipinski definition) is 5. The number of hydrogen-bond donors (Lipinski definition) is 2. The summed E-state index contributed by atoms with van der Waals surface area (Å²) >= 11 is 0.707. The van der Waals surface area contributed by atoms with E-state index in [1.807, 2.05) is 0 Å². The predicted molar refractivity (Wildman–Crippen MR) is 71.1 cm³/mol. The van der Waals surface area contributed by atoms with Crippen LogP contribution < -0.4 is 4.72 Å². The predicted octanol–water partition coefficient (Wildman–Crippen LogP) is 1.95. The molecule has 2 aromatic rings. The number of anilines is 1. The summed E-state index contributed by atoms with van der Waals surface area (Å²) in [6.45, 7) is 1.72. The number of sulfonamides is 1. The van der Waals surface area contributed by atoms with E-state index in [1.165, 1.54) is 24.5 Å². The molecule has 2 rings (SSSR count). The van der Waals surface area contributed by atoms with Crippen molar-refractivity contribution in [3.63, 3.8) is 0 Å². The molecule has 19 heavy (non-hydrogen) atoms. The van der Waals surface area contributed by atoms with Crippen LogP contribution in [-0.2, 0) is 10.0 Å². The molecule has 100 valence electrons. The average Bonchev–Trinajstić information content (AvgIpc) is 2.82. The van der Waals surface area contributed by atoms with Crippen molar-refractivity contribution >= 4 is 33.0 Å². The molecule has 0 spiro atoms. The Labute approximate surface area is 113 Å². The van der Waals surface area contributed by atoms with Crippen molar-refractivity contribution in [3.05, 3.63) is 41.0 Å². The molecule has 0 saturated heterocycles. The molecule has 0 bridgehead atoms. The minimum Gasteiger partial charge on any atom is -0.477 e. The van der Waals surface area contributed by atoms with E-state index in [4.69, 9.17) is 5.11 Å². The third kappa shape index (κ3) is 2.91. The highest BCUT2D eigenvalue weighted by molar-refractivity contribution is 7.94. The fourth-order valence-corrected chi connectivity index (χ4v) is 3.64. The van der Waals surface area contributed by atoms with Gasteiger partial charge in [0.25, 0.3) is 10.0 Å². The summed E-state index contributed by atoms with van der Waals surface area (Å²) in [5, 5.41) is 8.78. The summed E-state index contributed by atoms with van der Waals surface area (Å²) < 4.78 is 26.5. The number of carboxylic acid groups (broad SMARTS) is 1. The molecule has 0 unspecified atom stereocenters. The third-order valence-electron chi connectivity index (χ3n) is 2.32. The third-order valence-corrected chi connectivity index (χ3v) is 5.25. The molecule has 0 aliphatic rings. The van der Waals surface area contributed by atoms with E-state index in [2.05, 4.69) is 9.71 Å². The Morgan fingerprint density at radius 2 is 2.11 bits per heavy atom. The summed E-state index contributed by atoms with van der Waals surface area (Å²) in [5.74, 6) is -1.15. The maximum Gasteiger partial charge on any atom is 0.345 e. The Kier molecular flexibility index (Phi) is 3.54. The molecule has 2 aromatic heterocycles. The molecular weight excluding hydrogens is 288 g/mol. The van der Waals surface area contributed by atoms with Crippen LogP contribution in [-0.4, -0.2) is 24.5 Å². The monoisotopic (exact) mass is 298 g/mol. The lowest BCUT2D eigenvalue weighted by molar-refractivity contribution is 0.0702. The molecule has 0 atom stereocenters. The van der Waals surface area contributed by atoms with Crippen molar-refractivity contribution in [1.29, 1.82) is 0 Å². The van der Waals surface area contributed by atoms with E-state index in [-0.39, 0.29) is 9.09 Å². The minimum absolute atomic E-state index is 0.0215. The quantitative estimate of drug-likeness (QED) is 0.899. The fraction of sp³-hybridized carbons (Fsp3) is 0.0909. The van der Waals surface area contributed by atoms with Crippen LogP contribution in [0.3, 0.4) is 0 Å². The summed E-state index contributed by atoms with van der Waals surface area (Å²) in [6, 6.07) is 4.08. The Bertz CT molecular complexity index is 722. The lowest BCUT2D eigenvalue weighted by Crippen LogP contribution is -2.12. The number of aromatic carboxylic acids is 1. The molecule has 0 aliphatic carbocycles. The summed E-state index contributed by atoms with van der Waals surface area (Å²) in [7, 11) is -3.77. The van der Waals surface area contributed by atoms with Crippen molar-refractivity contribution in [2.45, 2.75) is 11.1 Å². The first-order chi connectivity index (χ1) is 8.90. The molecule has 0 fully saturated rings. The largest absolute Gasteiger partial charge is 0.477 e. The van der Waals surface area contributed by atoms with Crippen LogP contribution in [0.1, 0.15) is 15.2 Å². The molecule has 0 amide bonds. The maximum atomic E-state index is 12.1. The van der Waals surface area contributed by atoms with E-state index < -0.39 is 16.0 Å². The topological polar surface area (TPSA) is 96.4 Å². The highest BCUT2D eigenvalue weighted by atomic mass is 32.2. The van der Waals surface area contributed by atoms with Gasteiger partial charge in [0.2, 0.25) is 0 Å². The smallest absolute Gasteiger partial charge is 0.345 e. The van der Waals surface area contributed by atoms with Crippen LogP contribution >= 0.6 is 11.3 Å². The van der Waals surface area contributed by atoms with Gasteiger partial charge in [-0.25, -0.2) is 13.2 Å². The Morgan fingerprint density at radius 1 is 1.37 bits per heavy atom. The minimum atomic E-state index is -3.77. The van der Waals surface area contributed by atoms with E-state index in [9.17, 15) is 13.2 Å². The Hall–Kier alpha value is -1.93. The van der Waals surface area contributed by atoms with Gasteiger partial charge in [0, 0.05) is 12.4 Å². The van der Waals surface area contributed by atoms with Crippen LogP contribution in [0, 0.1) is 6.92 Å². The highest BCUT2D eigenvalue weighted by Gasteiger charge is 2.19. The number of aromatic nitrogens is 1. The molecule has 2 heterocycles. The van der Waals surface area contributed by atoms with Crippen molar-refractivity contribution in [1.82, 2.24) is 4.98 Å². The number of carboxylic acids is 1. The second-order valence-electron chi connectivity index (χ2n) is 3.72. The van der Waals surface area contributed by atoms with Crippen molar-refractivity contribution in [2.24, 2.45) is 0 Å². The number of nitrogens with one attached hydrogen (secondary N) is 1. The number of thiophene rings is 1. The molecule has 8 heteroatoms. The Balaban J connectivity index is 2.32. The number of aryl methyl sites for hydroxylation is 1. The molecule has 0 radical (unpaired) electrons. The zero-order chi connectivity index (χ0) is 14.0. The van der Waals surface area contributed by atoms with Crippen molar-refractivity contribution in [3.8, 4) is 0 Å². The zero-order valence-electron chi connectivity index (χ0n) is 9.82. The highest BCUT2D eigenvalue weighted by Crippen LogP contribution is 2.24. The number of nitrogens with zero attached hydrogens (tertiary/aromatic N) is 1. The van der Waals surface area contributed by atoms with Gasteiger partial charge in [0.15, 0.2) is 0 Å². The van der Waals surface area contributed by atoms with Crippen LogP contribution in [0.25, 0.3) is 0 Å². The molecule has 0 aromatic carbocycles. The van der Waals surface area contributed by atoms with Gasteiger partial charge in [-0.3, -0.25) is 9.71 Å².